The van der Waals surface area contributed by atoms with E-state index in [0.29, 0.717) is 11.4 Å². The van der Waals surface area contributed by atoms with E-state index < -0.39 is 5.91 Å². The van der Waals surface area contributed by atoms with Gasteiger partial charge in [0.2, 0.25) is 0 Å². The van der Waals surface area contributed by atoms with Crippen LogP contribution in [0.3, 0.4) is 0 Å². The third kappa shape index (κ3) is 2.13. The molecule has 0 unspecified atom stereocenters. The third-order valence-electron chi connectivity index (χ3n) is 2.11. The number of pyridine rings is 1. The minimum atomic E-state index is -0.593. The number of amides is 1. The molecule has 6 nitrogen and oxygen atoms in total. The zero-order chi connectivity index (χ0) is 12.4. The molecule has 0 aliphatic heterocycles. The molecule has 0 spiro atoms. The molecule has 0 bridgehead atoms. The van der Waals surface area contributed by atoms with Gasteiger partial charge in [-0.05, 0) is 18.2 Å². The van der Waals surface area contributed by atoms with E-state index in [4.69, 9.17) is 23.7 Å². The molecule has 4 N–H and O–H groups in total. The lowest BCUT2D eigenvalue weighted by atomic mass is 10.3. The second-order valence-electron chi connectivity index (χ2n) is 3.25. The van der Waals surface area contributed by atoms with Crippen LogP contribution in [0.15, 0.2) is 30.6 Å². The van der Waals surface area contributed by atoms with E-state index in [1.54, 1.807) is 24.5 Å². The zero-order valence-electron chi connectivity index (χ0n) is 8.70. The Morgan fingerprint density at radius 3 is 2.71 bits per heavy atom. The van der Waals surface area contributed by atoms with Gasteiger partial charge in [-0.25, -0.2) is 4.68 Å². The van der Waals surface area contributed by atoms with Gasteiger partial charge in [0.1, 0.15) is 16.4 Å². The van der Waals surface area contributed by atoms with Gasteiger partial charge < -0.3 is 11.5 Å². The van der Waals surface area contributed by atoms with Crippen molar-refractivity contribution < 1.29 is 4.79 Å². The highest BCUT2D eigenvalue weighted by Crippen LogP contribution is 2.11. The van der Waals surface area contributed by atoms with Gasteiger partial charge in [0.15, 0.2) is 0 Å². The van der Waals surface area contributed by atoms with E-state index in [0.717, 1.165) is 0 Å². The van der Waals surface area contributed by atoms with Crippen LogP contribution in [0.25, 0.3) is 5.69 Å². The normalized spacial score (nSPS) is 10.1. The first-order chi connectivity index (χ1) is 8.09. The molecule has 0 fully saturated rings. The van der Waals surface area contributed by atoms with E-state index >= 15 is 0 Å². The van der Waals surface area contributed by atoms with E-state index in [-0.39, 0.29) is 10.7 Å². The summed E-state index contributed by atoms with van der Waals surface area (Å²) in [6, 6.07) is 4.99. The van der Waals surface area contributed by atoms with Gasteiger partial charge in [-0.2, -0.15) is 5.10 Å². The number of nitrogens with two attached hydrogens (primary N) is 2. The minimum Gasteiger partial charge on any atom is -0.388 e. The molecule has 0 atom stereocenters. The Labute approximate surface area is 102 Å². The lowest BCUT2D eigenvalue weighted by Crippen LogP contribution is -2.16. The van der Waals surface area contributed by atoms with Gasteiger partial charge in [-0.15, -0.1) is 0 Å². The molecule has 0 aliphatic rings. The first-order valence-corrected chi connectivity index (χ1v) is 5.11. The maximum Gasteiger partial charge on any atom is 0.269 e. The number of nitrogens with zero attached hydrogens (tertiary/aromatic N) is 3. The molecule has 0 radical (unpaired) electrons. The largest absolute Gasteiger partial charge is 0.388 e. The highest BCUT2D eigenvalue weighted by molar-refractivity contribution is 7.80. The number of hydrogen-bond acceptors (Lipinski definition) is 4. The van der Waals surface area contributed by atoms with Gasteiger partial charge in [0, 0.05) is 12.4 Å². The van der Waals surface area contributed by atoms with Gasteiger partial charge >= 0.3 is 0 Å². The van der Waals surface area contributed by atoms with Crippen molar-refractivity contribution in [1.29, 1.82) is 0 Å². The fraction of sp³-hybridized carbons (Fsp3) is 0. The van der Waals surface area contributed by atoms with Crippen LogP contribution < -0.4 is 11.5 Å². The summed E-state index contributed by atoms with van der Waals surface area (Å²) in [6.45, 7) is 0. The van der Waals surface area contributed by atoms with Crippen molar-refractivity contribution in [3.63, 3.8) is 0 Å². The molecule has 2 rings (SSSR count). The SMILES string of the molecule is NC(=O)c1ccn(-c2cccnc2C(N)=S)n1. The maximum absolute atomic E-state index is 10.9. The second-order valence-corrected chi connectivity index (χ2v) is 3.69. The molecule has 2 aromatic rings. The lowest BCUT2D eigenvalue weighted by molar-refractivity contribution is 0.0995. The average molecular weight is 247 g/mol. The van der Waals surface area contributed by atoms with Gasteiger partial charge in [-0.3, -0.25) is 9.78 Å². The number of aromatic nitrogens is 3. The van der Waals surface area contributed by atoms with E-state index in [9.17, 15) is 4.79 Å². The van der Waals surface area contributed by atoms with Crippen LogP contribution in [0, 0.1) is 0 Å². The summed E-state index contributed by atoms with van der Waals surface area (Å²) >= 11 is 4.89. The molecule has 2 heterocycles. The van der Waals surface area contributed by atoms with Crippen molar-refractivity contribution in [2.75, 3.05) is 0 Å². The van der Waals surface area contributed by atoms with Crippen molar-refractivity contribution in [3.8, 4) is 5.69 Å². The third-order valence-corrected chi connectivity index (χ3v) is 2.30. The topological polar surface area (TPSA) is 99.8 Å². The molecule has 0 aromatic carbocycles. The predicted molar refractivity (Wildman–Crippen MR) is 65.8 cm³/mol. The fourth-order valence-electron chi connectivity index (χ4n) is 1.36. The van der Waals surface area contributed by atoms with Crippen molar-refractivity contribution >= 4 is 23.1 Å². The molecular weight excluding hydrogens is 238 g/mol. The summed E-state index contributed by atoms with van der Waals surface area (Å²) in [7, 11) is 0. The van der Waals surface area contributed by atoms with Crippen LogP contribution in [0.5, 0.6) is 0 Å². The number of carbonyl (C=O) groups excluding carboxylic acids is 1. The van der Waals surface area contributed by atoms with Crippen LogP contribution in [0.2, 0.25) is 0 Å². The molecular formula is C10H9N5OS. The Balaban J connectivity index is 2.52. The predicted octanol–water partition coefficient (Wildman–Crippen LogP) is 0.000400. The van der Waals surface area contributed by atoms with Gasteiger partial charge in [-0.1, -0.05) is 12.2 Å². The highest BCUT2D eigenvalue weighted by atomic mass is 32.1. The highest BCUT2D eigenvalue weighted by Gasteiger charge is 2.11. The number of hydrogen-bond donors (Lipinski definition) is 2. The van der Waals surface area contributed by atoms with Crippen LogP contribution >= 0.6 is 12.2 Å². The van der Waals surface area contributed by atoms with Crippen molar-refractivity contribution in [1.82, 2.24) is 14.8 Å². The smallest absolute Gasteiger partial charge is 0.269 e. The van der Waals surface area contributed by atoms with Crippen molar-refractivity contribution in [2.24, 2.45) is 11.5 Å². The molecule has 1 amide bonds. The van der Waals surface area contributed by atoms with Crippen LogP contribution in [0.4, 0.5) is 0 Å². The average Bonchev–Trinajstić information content (AvgIpc) is 2.78. The molecule has 0 aliphatic carbocycles. The Morgan fingerprint density at radius 1 is 1.35 bits per heavy atom. The van der Waals surface area contributed by atoms with Crippen LogP contribution in [0.1, 0.15) is 16.2 Å². The number of rotatable bonds is 3. The Kier molecular flexibility index (Phi) is 2.84. The van der Waals surface area contributed by atoms with E-state index in [1.807, 2.05) is 0 Å². The van der Waals surface area contributed by atoms with Crippen LogP contribution in [-0.4, -0.2) is 25.7 Å². The Bertz CT molecular complexity index is 592. The molecule has 0 saturated carbocycles. The fourth-order valence-corrected chi connectivity index (χ4v) is 1.52. The van der Waals surface area contributed by atoms with E-state index in [2.05, 4.69) is 10.1 Å². The van der Waals surface area contributed by atoms with E-state index in [1.165, 1.54) is 10.7 Å². The lowest BCUT2D eigenvalue weighted by Gasteiger charge is -2.06. The molecule has 2 aromatic heterocycles. The minimum absolute atomic E-state index is 0.164. The van der Waals surface area contributed by atoms with Crippen LogP contribution in [-0.2, 0) is 0 Å². The molecule has 7 heteroatoms. The number of thiocarbonyl (C=S) groups is 1. The molecule has 0 saturated heterocycles. The summed E-state index contributed by atoms with van der Waals surface area (Å²) in [5.41, 5.74) is 11.9. The maximum atomic E-state index is 10.9. The monoisotopic (exact) mass is 247 g/mol. The first-order valence-electron chi connectivity index (χ1n) is 4.70. The first kappa shape index (κ1) is 11.2. The second kappa shape index (κ2) is 4.30. The van der Waals surface area contributed by atoms with Gasteiger partial charge in [0.05, 0.1) is 5.69 Å². The molecule has 17 heavy (non-hydrogen) atoms. The summed E-state index contributed by atoms with van der Waals surface area (Å²) in [5.74, 6) is -0.593. The Morgan fingerprint density at radius 2 is 2.12 bits per heavy atom. The summed E-state index contributed by atoms with van der Waals surface area (Å²) in [4.78, 5) is 15.2. The summed E-state index contributed by atoms with van der Waals surface area (Å²) in [5, 5.41) is 4.01. The summed E-state index contributed by atoms with van der Waals surface area (Å²) < 4.78 is 1.46. The standard InChI is InChI=1S/C10H9N5OS/c11-9(16)6-3-5-15(14-6)7-2-1-4-13-8(7)10(12)17/h1-5H,(H2,11,16)(H2,12,17). The van der Waals surface area contributed by atoms with Crippen molar-refractivity contribution in [3.05, 3.63) is 42.0 Å². The summed E-state index contributed by atoms with van der Waals surface area (Å²) in [6.07, 6.45) is 3.18. The molecule has 86 valence electrons. The number of carbonyl (C=O) groups is 1. The Hall–Kier alpha value is -2.28. The van der Waals surface area contributed by atoms with Gasteiger partial charge in [0.25, 0.3) is 5.91 Å². The van der Waals surface area contributed by atoms with Crippen molar-refractivity contribution in [2.45, 2.75) is 0 Å². The quantitative estimate of drug-likeness (QED) is 0.744. The number of primary amides is 1. The zero-order valence-corrected chi connectivity index (χ0v) is 9.52.